The molecule has 74 valence electrons. The number of benzene rings is 1. The smallest absolute Gasteiger partial charge is 0.0407 e. The summed E-state index contributed by atoms with van der Waals surface area (Å²) in [6.07, 6.45) is 0.919. The van der Waals surface area contributed by atoms with Crippen LogP contribution in [-0.4, -0.2) is 0 Å². The molecule has 0 saturated carbocycles. The second-order valence-corrected chi connectivity index (χ2v) is 4.56. The third kappa shape index (κ3) is 3.11. The normalized spacial score (nSPS) is 10.8. The van der Waals surface area contributed by atoms with Crippen molar-refractivity contribution in [3.8, 4) is 0 Å². The average molecular weight is 189 g/mol. The van der Waals surface area contributed by atoms with Crippen LogP contribution >= 0.6 is 0 Å². The van der Waals surface area contributed by atoms with Crippen molar-refractivity contribution in [3.05, 3.63) is 40.3 Å². The van der Waals surface area contributed by atoms with E-state index in [1.54, 1.807) is 0 Å². The highest BCUT2D eigenvalue weighted by atomic mass is 15.1. The molecule has 1 rings (SSSR count). The van der Waals surface area contributed by atoms with Gasteiger partial charge >= 0.3 is 0 Å². The van der Waals surface area contributed by atoms with E-state index in [1.165, 1.54) is 0 Å². The van der Waals surface area contributed by atoms with Crippen LogP contribution in [0.5, 0.6) is 0 Å². The molecule has 0 N–H and O–H groups in total. The van der Waals surface area contributed by atoms with E-state index < -0.39 is 0 Å². The van der Waals surface area contributed by atoms with E-state index in [-0.39, 0.29) is 5.41 Å². The molecule has 0 aliphatic carbocycles. The molecule has 0 atom stereocenters. The van der Waals surface area contributed by atoms with Crippen molar-refractivity contribution in [1.29, 1.82) is 0 Å². The maximum atomic E-state index is 8.40. The number of hydrogen-bond donors (Lipinski definition) is 0. The summed E-state index contributed by atoms with van der Waals surface area (Å²) < 4.78 is 0. The van der Waals surface area contributed by atoms with Gasteiger partial charge in [-0.05, 0) is 22.9 Å². The van der Waals surface area contributed by atoms with Crippen LogP contribution in [-0.2, 0) is 6.42 Å². The Labute approximate surface area is 84.4 Å². The van der Waals surface area contributed by atoms with Gasteiger partial charge in [0.15, 0.2) is 0 Å². The van der Waals surface area contributed by atoms with Crippen LogP contribution in [0.2, 0.25) is 0 Å². The molecule has 1 aromatic rings. The van der Waals surface area contributed by atoms with Gasteiger partial charge in [-0.1, -0.05) is 50.2 Å². The van der Waals surface area contributed by atoms with Crippen LogP contribution in [0.25, 0.3) is 10.4 Å². The Kier molecular flexibility index (Phi) is 3.15. The number of rotatable bonds is 2. The summed E-state index contributed by atoms with van der Waals surface area (Å²) in [6, 6.07) is 7.71. The number of nitrogens with zero attached hydrogens (tertiary/aromatic N) is 3. The Balaban J connectivity index is 3.01. The Morgan fingerprint density at radius 1 is 1.29 bits per heavy atom. The predicted molar refractivity (Wildman–Crippen MR) is 58.4 cm³/mol. The summed E-state index contributed by atoms with van der Waals surface area (Å²) in [5, 5.41) is 3.67. The second-order valence-electron chi connectivity index (χ2n) is 4.56. The Bertz CT molecular complexity index is 357. The van der Waals surface area contributed by atoms with Crippen LogP contribution < -0.4 is 0 Å². The molecule has 0 saturated heterocycles. The SMILES string of the molecule is CC(C)(C)Cc1ccccc1N=[N+]=[N-]. The molecular formula is C11H15N3. The van der Waals surface area contributed by atoms with Crippen molar-refractivity contribution < 1.29 is 0 Å². The molecule has 0 unspecified atom stereocenters. The van der Waals surface area contributed by atoms with E-state index in [2.05, 4.69) is 30.8 Å². The maximum Gasteiger partial charge on any atom is 0.0407 e. The van der Waals surface area contributed by atoms with Crippen LogP contribution in [0.4, 0.5) is 5.69 Å². The number of hydrogen-bond acceptors (Lipinski definition) is 1. The molecule has 0 bridgehead atoms. The van der Waals surface area contributed by atoms with Crippen LogP contribution in [0.1, 0.15) is 26.3 Å². The minimum Gasteiger partial charge on any atom is -0.0620 e. The summed E-state index contributed by atoms with van der Waals surface area (Å²) in [5.74, 6) is 0. The van der Waals surface area contributed by atoms with E-state index in [0.717, 1.165) is 17.7 Å². The Morgan fingerprint density at radius 3 is 2.50 bits per heavy atom. The van der Waals surface area contributed by atoms with Gasteiger partial charge in [-0.3, -0.25) is 0 Å². The molecule has 0 aromatic heterocycles. The van der Waals surface area contributed by atoms with Gasteiger partial charge in [0.25, 0.3) is 0 Å². The monoisotopic (exact) mass is 189 g/mol. The lowest BCUT2D eigenvalue weighted by atomic mass is 9.87. The Morgan fingerprint density at radius 2 is 1.93 bits per heavy atom. The molecule has 0 aliphatic heterocycles. The average Bonchev–Trinajstić information content (AvgIpc) is 2.06. The topological polar surface area (TPSA) is 48.8 Å². The molecule has 0 radical (unpaired) electrons. The van der Waals surface area contributed by atoms with Crippen molar-refractivity contribution >= 4 is 5.69 Å². The standard InChI is InChI=1S/C11H15N3/c1-11(2,3)8-9-6-4-5-7-10(9)13-14-12/h4-7H,8H2,1-3H3. The summed E-state index contributed by atoms with van der Waals surface area (Å²) in [6.45, 7) is 6.50. The molecule has 1 aromatic carbocycles. The van der Waals surface area contributed by atoms with Crippen molar-refractivity contribution in [3.63, 3.8) is 0 Å². The van der Waals surface area contributed by atoms with E-state index in [9.17, 15) is 0 Å². The van der Waals surface area contributed by atoms with Crippen molar-refractivity contribution in [2.45, 2.75) is 27.2 Å². The van der Waals surface area contributed by atoms with Gasteiger partial charge in [-0.15, -0.1) is 0 Å². The highest BCUT2D eigenvalue weighted by molar-refractivity contribution is 5.45. The fraction of sp³-hybridized carbons (Fsp3) is 0.455. The number of azide groups is 1. The highest BCUT2D eigenvalue weighted by Gasteiger charge is 2.12. The molecular weight excluding hydrogens is 174 g/mol. The molecule has 0 amide bonds. The fourth-order valence-corrected chi connectivity index (χ4v) is 1.38. The minimum atomic E-state index is 0.209. The quantitative estimate of drug-likeness (QED) is 0.380. The molecule has 0 heterocycles. The zero-order valence-electron chi connectivity index (χ0n) is 8.86. The lowest BCUT2D eigenvalue weighted by molar-refractivity contribution is 0.411. The largest absolute Gasteiger partial charge is 0.0620 e. The summed E-state index contributed by atoms with van der Waals surface area (Å²) in [7, 11) is 0. The molecule has 0 aliphatic rings. The van der Waals surface area contributed by atoms with Gasteiger partial charge < -0.3 is 0 Å². The predicted octanol–water partition coefficient (Wildman–Crippen LogP) is 4.22. The van der Waals surface area contributed by atoms with Gasteiger partial charge in [0.2, 0.25) is 0 Å². The van der Waals surface area contributed by atoms with E-state index in [4.69, 9.17) is 5.53 Å². The van der Waals surface area contributed by atoms with Crippen molar-refractivity contribution in [2.24, 2.45) is 10.5 Å². The first-order valence-corrected chi connectivity index (χ1v) is 4.66. The lowest BCUT2D eigenvalue weighted by Crippen LogP contribution is -2.09. The Hall–Kier alpha value is -1.47. The minimum absolute atomic E-state index is 0.209. The molecule has 14 heavy (non-hydrogen) atoms. The summed E-state index contributed by atoms with van der Waals surface area (Å²) in [4.78, 5) is 2.82. The van der Waals surface area contributed by atoms with Crippen molar-refractivity contribution in [1.82, 2.24) is 0 Å². The molecule has 3 nitrogen and oxygen atoms in total. The summed E-state index contributed by atoms with van der Waals surface area (Å²) in [5.41, 5.74) is 10.5. The first-order chi connectivity index (χ1) is 6.53. The van der Waals surface area contributed by atoms with Gasteiger partial charge in [0, 0.05) is 10.6 Å². The highest BCUT2D eigenvalue weighted by Crippen LogP contribution is 2.27. The molecule has 3 heteroatoms. The van der Waals surface area contributed by atoms with Crippen LogP contribution in [0.15, 0.2) is 29.4 Å². The van der Waals surface area contributed by atoms with Crippen molar-refractivity contribution in [2.75, 3.05) is 0 Å². The van der Waals surface area contributed by atoms with Crippen LogP contribution in [0.3, 0.4) is 0 Å². The fourth-order valence-electron chi connectivity index (χ4n) is 1.38. The molecule has 0 spiro atoms. The molecule has 0 fully saturated rings. The van der Waals surface area contributed by atoms with Gasteiger partial charge in [0.1, 0.15) is 0 Å². The van der Waals surface area contributed by atoms with E-state index in [1.807, 2.05) is 24.3 Å². The zero-order chi connectivity index (χ0) is 10.6. The van der Waals surface area contributed by atoms with Crippen LogP contribution in [0, 0.1) is 5.41 Å². The van der Waals surface area contributed by atoms with Gasteiger partial charge in [-0.2, -0.15) is 0 Å². The summed E-state index contributed by atoms with van der Waals surface area (Å²) >= 11 is 0. The van der Waals surface area contributed by atoms with Gasteiger partial charge in [-0.25, -0.2) is 0 Å². The third-order valence-electron chi connectivity index (χ3n) is 1.86. The maximum absolute atomic E-state index is 8.40. The zero-order valence-corrected chi connectivity index (χ0v) is 8.86. The lowest BCUT2D eigenvalue weighted by Gasteiger charge is -2.19. The van der Waals surface area contributed by atoms with E-state index >= 15 is 0 Å². The van der Waals surface area contributed by atoms with Gasteiger partial charge in [0.05, 0.1) is 0 Å². The second kappa shape index (κ2) is 4.16. The first kappa shape index (κ1) is 10.6. The van der Waals surface area contributed by atoms with E-state index in [0.29, 0.717) is 0 Å². The first-order valence-electron chi connectivity index (χ1n) is 4.66. The third-order valence-corrected chi connectivity index (χ3v) is 1.86.